The van der Waals surface area contributed by atoms with Crippen molar-refractivity contribution in [3.05, 3.63) is 71.2 Å². The molecule has 14 heteroatoms. The minimum absolute atomic E-state index is 0.203. The predicted molar refractivity (Wildman–Crippen MR) is 173 cm³/mol. The summed E-state index contributed by atoms with van der Waals surface area (Å²) in [5, 5.41) is 18.3. The maximum Gasteiger partial charge on any atom is 0.274 e. The van der Waals surface area contributed by atoms with Gasteiger partial charge in [0.05, 0.1) is 46.8 Å². The molecule has 0 aliphatic carbocycles. The van der Waals surface area contributed by atoms with Crippen LogP contribution in [0.5, 0.6) is 5.75 Å². The number of hydrogen-bond donors (Lipinski definition) is 3. The van der Waals surface area contributed by atoms with Gasteiger partial charge in [0.1, 0.15) is 17.2 Å². The van der Waals surface area contributed by atoms with Crippen LogP contribution in [0.25, 0.3) is 33.5 Å². The highest BCUT2D eigenvalue weighted by Crippen LogP contribution is 2.34. The van der Waals surface area contributed by atoms with Crippen molar-refractivity contribution in [2.75, 3.05) is 43.9 Å². The molecule has 7 rings (SSSR count). The monoisotopic (exact) mass is 643 g/mol. The first-order chi connectivity index (χ1) is 22.3. The largest absolute Gasteiger partial charge is 0.505 e. The Morgan fingerprint density at radius 1 is 1.17 bits per heavy atom. The number of aromatic amines is 2. The molecule has 0 spiro atoms. The molecule has 0 saturated carbocycles. The number of H-pyrrole nitrogens is 2. The summed E-state index contributed by atoms with van der Waals surface area (Å²) in [6, 6.07) is 8.59. The van der Waals surface area contributed by atoms with Crippen LogP contribution in [0, 0.1) is 5.82 Å². The van der Waals surface area contributed by atoms with Crippen LogP contribution in [-0.4, -0.2) is 93.5 Å². The van der Waals surface area contributed by atoms with Crippen molar-refractivity contribution in [1.82, 2.24) is 39.3 Å². The van der Waals surface area contributed by atoms with Crippen LogP contribution in [0.3, 0.4) is 0 Å². The highest BCUT2D eigenvalue weighted by molar-refractivity contribution is 7.82. The summed E-state index contributed by atoms with van der Waals surface area (Å²) in [4.78, 5) is 34.1. The number of fused-ring (bicyclic) bond motifs is 2. The zero-order valence-corrected chi connectivity index (χ0v) is 26.4. The number of aromatic hydroxyl groups is 1. The lowest BCUT2D eigenvalue weighted by Crippen LogP contribution is -2.36. The molecule has 2 aliphatic heterocycles. The molecule has 238 valence electrons. The predicted octanol–water partition coefficient (Wildman–Crippen LogP) is 3.82. The summed E-state index contributed by atoms with van der Waals surface area (Å²) < 4.78 is 28.2. The Labute approximate surface area is 267 Å². The fourth-order valence-corrected chi connectivity index (χ4v) is 7.34. The molecule has 1 unspecified atom stereocenters. The Morgan fingerprint density at radius 3 is 2.80 bits per heavy atom. The second kappa shape index (κ2) is 12.2. The molecular weight excluding hydrogens is 609 g/mol. The molecule has 5 aromatic rings. The van der Waals surface area contributed by atoms with Gasteiger partial charge in [-0.15, -0.1) is 0 Å². The summed E-state index contributed by atoms with van der Waals surface area (Å²) >= 11 is 0. The minimum Gasteiger partial charge on any atom is -0.505 e. The van der Waals surface area contributed by atoms with E-state index in [4.69, 9.17) is 4.98 Å². The number of nitrogens with one attached hydrogen (secondary N) is 2. The van der Waals surface area contributed by atoms with Gasteiger partial charge in [0.2, 0.25) is 0 Å². The highest BCUT2D eigenvalue weighted by atomic mass is 32.2. The fourth-order valence-electron chi connectivity index (χ4n) is 6.09. The number of hydrogen-bond acceptors (Lipinski definition) is 8. The van der Waals surface area contributed by atoms with Gasteiger partial charge in [0, 0.05) is 50.8 Å². The average Bonchev–Trinajstić information content (AvgIpc) is 3.81. The highest BCUT2D eigenvalue weighted by Gasteiger charge is 2.27. The molecule has 3 N–H and O–H groups in total. The summed E-state index contributed by atoms with van der Waals surface area (Å²) in [6.45, 7) is 5.01. The smallest absolute Gasteiger partial charge is 0.274 e. The molecule has 5 heterocycles. The fraction of sp³-hybridized carbons (Fsp3) is 0.344. The van der Waals surface area contributed by atoms with Gasteiger partial charge in [0.25, 0.3) is 5.91 Å². The number of likely N-dealkylation sites (N-methyl/N-ethyl adjacent to an activating group) is 1. The Morgan fingerprint density at radius 2 is 2.04 bits per heavy atom. The van der Waals surface area contributed by atoms with E-state index in [9.17, 15) is 18.5 Å². The number of halogens is 1. The van der Waals surface area contributed by atoms with Crippen molar-refractivity contribution in [2.24, 2.45) is 0 Å². The number of nitrogens with zero attached hydrogens (tertiary/aromatic N) is 7. The van der Waals surface area contributed by atoms with Crippen molar-refractivity contribution in [3.8, 4) is 28.4 Å². The number of aryl methyl sites for hydroxylation is 1. The van der Waals surface area contributed by atoms with E-state index < -0.39 is 16.8 Å². The molecule has 2 aromatic carbocycles. The summed E-state index contributed by atoms with van der Waals surface area (Å²) in [5.41, 5.74) is 5.81. The molecule has 1 saturated heterocycles. The van der Waals surface area contributed by atoms with E-state index in [2.05, 4.69) is 25.1 Å². The lowest BCUT2D eigenvalue weighted by atomic mass is 9.96. The molecule has 1 amide bonds. The van der Waals surface area contributed by atoms with Crippen molar-refractivity contribution in [1.29, 1.82) is 0 Å². The van der Waals surface area contributed by atoms with E-state index in [0.717, 1.165) is 57.7 Å². The van der Waals surface area contributed by atoms with Crippen LogP contribution >= 0.6 is 0 Å². The summed E-state index contributed by atoms with van der Waals surface area (Å²) in [7, 11) is 1.02. The average molecular weight is 644 g/mol. The van der Waals surface area contributed by atoms with Gasteiger partial charge < -0.3 is 19.9 Å². The molecular formula is C32H34FN9O3S. The van der Waals surface area contributed by atoms with E-state index in [-0.39, 0.29) is 17.4 Å². The van der Waals surface area contributed by atoms with Crippen LogP contribution in [0.15, 0.2) is 42.7 Å². The minimum atomic E-state index is -0.895. The van der Waals surface area contributed by atoms with E-state index in [1.807, 2.05) is 41.4 Å². The standard InChI is InChI=1S/C32H34FN9O3S/c1-3-19-14-28(43)23(33)15-22(19)20-5-6-21-25(13-20)38-39-30(21)31-36-24-7-9-41(18-27(24)37-31)32(44)26-16-35-29(17-34-26)40(2)10-11-42-8-4-12-46(42)45/h5-6,13-17,43H,3-4,7-12,18H2,1-2H3,(H,36,37)(H,38,39). The molecule has 3 aromatic heterocycles. The van der Waals surface area contributed by atoms with Crippen molar-refractivity contribution < 1.29 is 18.5 Å². The first-order valence-corrected chi connectivity index (χ1v) is 16.6. The molecule has 1 fully saturated rings. The van der Waals surface area contributed by atoms with Crippen LogP contribution in [0.2, 0.25) is 0 Å². The van der Waals surface area contributed by atoms with Crippen LogP contribution in [0.4, 0.5) is 10.2 Å². The van der Waals surface area contributed by atoms with Gasteiger partial charge in [-0.05, 0) is 53.8 Å². The zero-order valence-electron chi connectivity index (χ0n) is 25.6. The Kier molecular flexibility index (Phi) is 7.99. The molecule has 2 aliphatic rings. The van der Waals surface area contributed by atoms with Crippen LogP contribution in [0.1, 0.15) is 40.8 Å². The number of phenolic OH excluding ortho intramolecular Hbond substituents is 1. The number of carbonyl (C=O) groups excluding carboxylic acids is 1. The number of carbonyl (C=O) groups is 1. The third kappa shape index (κ3) is 5.62. The van der Waals surface area contributed by atoms with Gasteiger partial charge in [-0.25, -0.2) is 27.9 Å². The zero-order chi connectivity index (χ0) is 31.9. The van der Waals surface area contributed by atoms with Crippen molar-refractivity contribution in [2.45, 2.75) is 32.7 Å². The van der Waals surface area contributed by atoms with Crippen LogP contribution in [-0.2, 0) is 30.4 Å². The van der Waals surface area contributed by atoms with Crippen molar-refractivity contribution >= 4 is 33.6 Å². The number of rotatable bonds is 8. The topological polar surface area (TPSA) is 147 Å². The number of benzene rings is 2. The number of aromatic nitrogens is 6. The maximum absolute atomic E-state index is 14.2. The van der Waals surface area contributed by atoms with Gasteiger partial charge in [-0.1, -0.05) is 13.0 Å². The second-order valence-electron chi connectivity index (χ2n) is 11.6. The molecule has 0 bridgehead atoms. The first-order valence-electron chi connectivity index (χ1n) is 15.3. The van der Waals surface area contributed by atoms with E-state index in [0.29, 0.717) is 56.4 Å². The number of imidazole rings is 1. The van der Waals surface area contributed by atoms with Gasteiger partial charge in [-0.2, -0.15) is 5.10 Å². The number of phenols is 1. The third-order valence-corrected chi connectivity index (χ3v) is 10.3. The van der Waals surface area contributed by atoms with E-state index in [1.54, 1.807) is 11.1 Å². The van der Waals surface area contributed by atoms with Gasteiger partial charge >= 0.3 is 0 Å². The molecule has 46 heavy (non-hydrogen) atoms. The van der Waals surface area contributed by atoms with Crippen molar-refractivity contribution in [3.63, 3.8) is 0 Å². The lowest BCUT2D eigenvalue weighted by Gasteiger charge is -2.26. The van der Waals surface area contributed by atoms with E-state index >= 15 is 0 Å². The molecule has 1 atom stereocenters. The third-order valence-electron chi connectivity index (χ3n) is 8.72. The maximum atomic E-state index is 14.2. The Bertz CT molecular complexity index is 1960. The number of anilines is 1. The lowest BCUT2D eigenvalue weighted by molar-refractivity contribution is 0.0725. The quantitative estimate of drug-likeness (QED) is 0.231. The van der Waals surface area contributed by atoms with Crippen LogP contribution < -0.4 is 4.90 Å². The summed E-state index contributed by atoms with van der Waals surface area (Å²) in [5.74, 6) is 0.767. The Hall–Kier alpha value is -4.69. The summed E-state index contributed by atoms with van der Waals surface area (Å²) in [6.07, 6.45) is 5.30. The van der Waals surface area contributed by atoms with E-state index in [1.165, 1.54) is 18.3 Å². The van der Waals surface area contributed by atoms with Gasteiger partial charge in [-0.3, -0.25) is 9.89 Å². The SMILES string of the molecule is CCc1cc(O)c(F)cc1-c1ccc2c(-c3nc4c([nH]3)CN(C(=O)c3cnc(N(C)CCN5CCCS5=O)cn3)CC4)n[nH]c2c1. The number of amides is 1. The Balaban J connectivity index is 1.04. The second-order valence-corrected chi connectivity index (χ2v) is 13.2. The first kappa shape index (κ1) is 30.0. The van der Waals surface area contributed by atoms with Gasteiger partial charge in [0.15, 0.2) is 17.4 Å². The normalized spacial score (nSPS) is 16.7. The molecule has 0 radical (unpaired) electrons. The molecule has 12 nitrogen and oxygen atoms in total.